The monoisotopic (exact) mass is 425 g/mol. The molecule has 1 aromatic heterocycles. The van der Waals surface area contributed by atoms with Crippen molar-refractivity contribution >= 4 is 34.9 Å². The first kappa shape index (κ1) is 20.8. The molecule has 8 heteroatoms. The minimum absolute atomic E-state index is 0.0893. The number of benzene rings is 1. The molecule has 150 valence electrons. The molecular formula is C20H22Cl2FN3O2. The summed E-state index contributed by atoms with van der Waals surface area (Å²) in [6.45, 7) is 2.97. The zero-order chi connectivity index (χ0) is 20.1. The summed E-state index contributed by atoms with van der Waals surface area (Å²) in [5.41, 5.74) is 0.373. The second-order valence-electron chi connectivity index (χ2n) is 6.60. The second-order valence-corrected chi connectivity index (χ2v) is 7.41. The Kier molecular flexibility index (Phi) is 7.10. The molecule has 2 heterocycles. The molecule has 0 saturated carbocycles. The quantitative estimate of drug-likeness (QED) is 0.633. The number of halogens is 3. The van der Waals surface area contributed by atoms with Crippen LogP contribution in [-0.4, -0.2) is 36.7 Å². The molecule has 0 spiro atoms. The van der Waals surface area contributed by atoms with Crippen LogP contribution in [-0.2, 0) is 0 Å². The van der Waals surface area contributed by atoms with Gasteiger partial charge >= 0.3 is 0 Å². The lowest BCUT2D eigenvalue weighted by Gasteiger charge is -2.29. The van der Waals surface area contributed by atoms with Gasteiger partial charge in [0.2, 0.25) is 5.97 Å². The molecule has 1 aromatic carbocycles. The summed E-state index contributed by atoms with van der Waals surface area (Å²) < 4.78 is 26.3. The lowest BCUT2D eigenvalue weighted by atomic mass is 10.0. The third-order valence-electron chi connectivity index (χ3n) is 4.67. The normalized spacial score (nSPS) is 18.6. The third kappa shape index (κ3) is 4.93. The lowest BCUT2D eigenvalue weighted by Crippen LogP contribution is -2.44. The number of aromatic nitrogens is 1. The van der Waals surface area contributed by atoms with E-state index < -0.39 is 5.97 Å². The summed E-state index contributed by atoms with van der Waals surface area (Å²) in [5.74, 6) is 0.252. The van der Waals surface area contributed by atoms with Gasteiger partial charge in [-0.3, -0.25) is 4.98 Å². The Balaban J connectivity index is 1.86. The molecule has 2 atom stereocenters. The van der Waals surface area contributed by atoms with Crippen LogP contribution >= 0.6 is 23.2 Å². The highest BCUT2D eigenvalue weighted by atomic mass is 35.5. The minimum Gasteiger partial charge on any atom is -0.493 e. The average molecular weight is 426 g/mol. The summed E-state index contributed by atoms with van der Waals surface area (Å²) in [5, 5.41) is 3.80. The van der Waals surface area contributed by atoms with Crippen molar-refractivity contribution in [3.63, 3.8) is 0 Å². The van der Waals surface area contributed by atoms with Crippen LogP contribution in [0, 0.1) is 0 Å². The molecule has 0 aliphatic carbocycles. The molecule has 0 amide bonds. The molecule has 1 aliphatic heterocycles. The van der Waals surface area contributed by atoms with Crippen molar-refractivity contribution in [1.29, 1.82) is 0 Å². The van der Waals surface area contributed by atoms with Gasteiger partial charge in [-0.25, -0.2) is 4.99 Å². The number of pyridine rings is 1. The molecule has 2 unspecified atom stereocenters. The second kappa shape index (κ2) is 9.54. The van der Waals surface area contributed by atoms with Crippen molar-refractivity contribution in [3.8, 4) is 11.5 Å². The fourth-order valence-corrected chi connectivity index (χ4v) is 3.58. The van der Waals surface area contributed by atoms with Crippen molar-refractivity contribution < 1.29 is 13.9 Å². The molecule has 1 N–H and O–H groups in total. The fraction of sp³-hybridized carbons (Fsp3) is 0.400. The topological polar surface area (TPSA) is 55.7 Å². The zero-order valence-electron chi connectivity index (χ0n) is 15.7. The molecule has 3 rings (SSSR count). The standard InChI is InChI=1S/C20H22Cl2FN3O2/c1-12(16-5-3-4-8-25-16)28-18-9-13(6-7-17(18)27-2)20(23)26-19-14(21)10-24-11-15(19)22/h6-7,9-12,16,25H,3-5,8H2,1-2H3. The predicted molar refractivity (Wildman–Crippen MR) is 110 cm³/mol. The molecule has 0 bridgehead atoms. The Morgan fingerprint density at radius 2 is 2.00 bits per heavy atom. The highest BCUT2D eigenvalue weighted by Crippen LogP contribution is 2.34. The van der Waals surface area contributed by atoms with E-state index in [2.05, 4.69) is 15.3 Å². The molecule has 28 heavy (non-hydrogen) atoms. The molecule has 1 saturated heterocycles. The molecule has 5 nitrogen and oxygen atoms in total. The number of nitrogens with one attached hydrogen (secondary N) is 1. The lowest BCUT2D eigenvalue weighted by molar-refractivity contribution is 0.148. The van der Waals surface area contributed by atoms with Crippen LogP contribution in [0.15, 0.2) is 35.6 Å². The Hall–Kier alpha value is -1.89. The maximum Gasteiger partial charge on any atom is 0.220 e. The molecular weight excluding hydrogens is 404 g/mol. The van der Waals surface area contributed by atoms with E-state index in [1.165, 1.54) is 18.8 Å². The van der Waals surface area contributed by atoms with E-state index in [0.717, 1.165) is 19.4 Å². The number of hydrogen-bond acceptors (Lipinski definition) is 5. The van der Waals surface area contributed by atoms with Gasteiger partial charge in [-0.15, -0.1) is 0 Å². The number of rotatable bonds is 6. The maximum absolute atomic E-state index is 14.8. The number of piperidine rings is 1. The number of nitrogens with zero attached hydrogens (tertiary/aromatic N) is 2. The fourth-order valence-electron chi connectivity index (χ4n) is 3.13. The Morgan fingerprint density at radius 1 is 1.25 bits per heavy atom. The van der Waals surface area contributed by atoms with E-state index in [4.69, 9.17) is 32.7 Å². The summed E-state index contributed by atoms with van der Waals surface area (Å²) in [6, 6.07) is 5.03. The molecule has 1 fully saturated rings. The zero-order valence-corrected chi connectivity index (χ0v) is 17.2. The van der Waals surface area contributed by atoms with Gasteiger partial charge in [0.05, 0.1) is 17.2 Å². The van der Waals surface area contributed by atoms with Gasteiger partial charge in [0, 0.05) is 24.0 Å². The van der Waals surface area contributed by atoms with Gasteiger partial charge in [-0.05, 0) is 44.5 Å². The summed E-state index contributed by atoms with van der Waals surface area (Å²) in [7, 11) is 1.55. The van der Waals surface area contributed by atoms with Gasteiger partial charge in [-0.2, -0.15) is 4.39 Å². The van der Waals surface area contributed by atoms with Crippen molar-refractivity contribution in [2.24, 2.45) is 4.99 Å². The van der Waals surface area contributed by atoms with Crippen LogP contribution in [0.25, 0.3) is 0 Å². The molecule has 0 radical (unpaired) electrons. The third-order valence-corrected chi connectivity index (χ3v) is 5.22. The van der Waals surface area contributed by atoms with Crippen molar-refractivity contribution in [2.75, 3.05) is 13.7 Å². The average Bonchev–Trinajstić information content (AvgIpc) is 2.71. The van der Waals surface area contributed by atoms with Crippen LogP contribution in [0.5, 0.6) is 11.5 Å². The van der Waals surface area contributed by atoms with Crippen molar-refractivity contribution in [1.82, 2.24) is 10.3 Å². The first-order chi connectivity index (χ1) is 13.5. The smallest absolute Gasteiger partial charge is 0.220 e. The Labute approximate surface area is 173 Å². The van der Waals surface area contributed by atoms with E-state index in [0.29, 0.717) is 11.5 Å². The highest BCUT2D eigenvalue weighted by Gasteiger charge is 2.22. The van der Waals surface area contributed by atoms with Gasteiger partial charge in [0.25, 0.3) is 0 Å². The van der Waals surface area contributed by atoms with Crippen LogP contribution in [0.3, 0.4) is 0 Å². The van der Waals surface area contributed by atoms with Crippen molar-refractivity contribution in [2.45, 2.75) is 38.3 Å². The maximum atomic E-state index is 14.8. The highest BCUT2D eigenvalue weighted by molar-refractivity contribution is 6.38. The molecule has 2 aromatic rings. The van der Waals surface area contributed by atoms with Gasteiger partial charge < -0.3 is 14.8 Å². The van der Waals surface area contributed by atoms with Crippen LogP contribution < -0.4 is 14.8 Å². The Morgan fingerprint density at radius 3 is 2.64 bits per heavy atom. The number of hydrogen-bond donors (Lipinski definition) is 1. The first-order valence-electron chi connectivity index (χ1n) is 9.11. The minimum atomic E-state index is -0.731. The predicted octanol–water partition coefficient (Wildman–Crippen LogP) is 5.35. The number of ether oxygens (including phenoxy) is 2. The summed E-state index contributed by atoms with van der Waals surface area (Å²) in [6.07, 6.45) is 6.01. The van der Waals surface area contributed by atoms with E-state index >= 15 is 0 Å². The largest absolute Gasteiger partial charge is 0.493 e. The van der Waals surface area contributed by atoms with Crippen molar-refractivity contribution in [3.05, 3.63) is 46.2 Å². The number of methoxy groups -OCH3 is 1. The Bertz CT molecular complexity index is 837. The van der Waals surface area contributed by atoms with E-state index in [1.54, 1.807) is 25.3 Å². The summed E-state index contributed by atoms with van der Waals surface area (Å²) in [4.78, 5) is 7.77. The summed E-state index contributed by atoms with van der Waals surface area (Å²) >= 11 is 12.0. The molecule has 1 aliphatic rings. The SMILES string of the molecule is COc1ccc(C(F)=Nc2c(Cl)cncc2Cl)cc1OC(C)C1CCCCN1. The van der Waals surface area contributed by atoms with Gasteiger partial charge in [0.1, 0.15) is 11.8 Å². The van der Waals surface area contributed by atoms with Crippen LogP contribution in [0.1, 0.15) is 31.7 Å². The van der Waals surface area contributed by atoms with E-state index in [-0.39, 0.29) is 33.4 Å². The van der Waals surface area contributed by atoms with Gasteiger partial charge in [-0.1, -0.05) is 29.6 Å². The van der Waals surface area contributed by atoms with E-state index in [9.17, 15) is 4.39 Å². The van der Waals surface area contributed by atoms with Crippen LogP contribution in [0.4, 0.5) is 10.1 Å². The van der Waals surface area contributed by atoms with Gasteiger partial charge in [0.15, 0.2) is 11.5 Å². The first-order valence-corrected chi connectivity index (χ1v) is 9.87. The number of aliphatic imine (C=N–C) groups is 1. The van der Waals surface area contributed by atoms with Crippen LogP contribution in [0.2, 0.25) is 10.0 Å². The van der Waals surface area contributed by atoms with E-state index in [1.807, 2.05) is 6.92 Å².